The Kier molecular flexibility index (Phi) is 3.98. The number of amides is 1. The van der Waals surface area contributed by atoms with Crippen molar-refractivity contribution in [3.05, 3.63) is 27.8 Å². The average Bonchev–Trinajstić information content (AvgIpc) is 2.27. The van der Waals surface area contributed by atoms with E-state index in [0.29, 0.717) is 0 Å². The van der Waals surface area contributed by atoms with Gasteiger partial charge in [-0.2, -0.15) is 0 Å². The molecule has 18 heavy (non-hydrogen) atoms. The first-order valence-corrected chi connectivity index (χ1v) is 5.19. The highest BCUT2D eigenvalue weighted by Crippen LogP contribution is 2.32. The zero-order valence-corrected chi connectivity index (χ0v) is 9.89. The van der Waals surface area contributed by atoms with Gasteiger partial charge in [0.25, 0.3) is 5.69 Å². The number of rotatable bonds is 4. The molecule has 0 aliphatic rings. The number of Topliss-reactive ketones (excluding diaryl/α,β-unsaturated/α-hetero) is 1. The van der Waals surface area contributed by atoms with Crippen LogP contribution in [0, 0.1) is 10.1 Å². The van der Waals surface area contributed by atoms with Gasteiger partial charge in [0.15, 0.2) is 5.78 Å². The summed E-state index contributed by atoms with van der Waals surface area (Å²) in [6.07, 6.45) is 0.145. The lowest BCUT2D eigenvalue weighted by molar-refractivity contribution is -0.384. The Morgan fingerprint density at radius 3 is 2.50 bits per heavy atom. The van der Waals surface area contributed by atoms with E-state index in [4.69, 9.17) is 0 Å². The van der Waals surface area contributed by atoms with Crippen molar-refractivity contribution < 1.29 is 19.6 Å². The number of hydrogen-bond acceptors (Lipinski definition) is 5. The average molecular weight is 252 g/mol. The summed E-state index contributed by atoms with van der Waals surface area (Å²) in [7, 11) is 0. The molecule has 1 amide bonds. The maximum absolute atomic E-state index is 11.2. The SMILES string of the molecule is CCC(=O)Nc1cc(O)c(C(C)=O)cc1[N+](=O)[O-]. The Hall–Kier alpha value is -2.44. The van der Waals surface area contributed by atoms with E-state index in [1.807, 2.05) is 0 Å². The number of carbonyl (C=O) groups excluding carboxylic acids is 2. The van der Waals surface area contributed by atoms with Crippen LogP contribution in [0.3, 0.4) is 0 Å². The van der Waals surface area contributed by atoms with Crippen molar-refractivity contribution in [3.63, 3.8) is 0 Å². The molecule has 2 N–H and O–H groups in total. The molecular weight excluding hydrogens is 240 g/mol. The van der Waals surface area contributed by atoms with Gasteiger partial charge in [-0.15, -0.1) is 0 Å². The second kappa shape index (κ2) is 5.26. The van der Waals surface area contributed by atoms with Crippen molar-refractivity contribution in [1.82, 2.24) is 0 Å². The summed E-state index contributed by atoms with van der Waals surface area (Å²) in [4.78, 5) is 32.5. The van der Waals surface area contributed by atoms with Gasteiger partial charge in [0.2, 0.25) is 5.91 Å². The predicted molar refractivity (Wildman–Crippen MR) is 63.7 cm³/mol. The third kappa shape index (κ3) is 2.82. The number of phenolic OH excluding ortho intramolecular Hbond substituents is 1. The van der Waals surface area contributed by atoms with E-state index in [0.717, 1.165) is 12.1 Å². The third-order valence-electron chi connectivity index (χ3n) is 2.29. The molecule has 0 saturated heterocycles. The molecule has 0 aliphatic carbocycles. The monoisotopic (exact) mass is 252 g/mol. The molecule has 0 radical (unpaired) electrons. The Bertz CT molecular complexity index is 524. The van der Waals surface area contributed by atoms with Crippen molar-refractivity contribution >= 4 is 23.1 Å². The zero-order valence-electron chi connectivity index (χ0n) is 9.89. The van der Waals surface area contributed by atoms with Gasteiger partial charge < -0.3 is 10.4 Å². The van der Waals surface area contributed by atoms with Gasteiger partial charge in [0.1, 0.15) is 11.4 Å². The molecule has 0 saturated carbocycles. The molecule has 0 unspecified atom stereocenters. The van der Waals surface area contributed by atoms with Crippen molar-refractivity contribution in [2.75, 3.05) is 5.32 Å². The Morgan fingerprint density at radius 2 is 2.06 bits per heavy atom. The van der Waals surface area contributed by atoms with Gasteiger partial charge >= 0.3 is 0 Å². The van der Waals surface area contributed by atoms with Crippen LogP contribution < -0.4 is 5.32 Å². The summed E-state index contributed by atoms with van der Waals surface area (Å²) in [5.41, 5.74) is -0.717. The Morgan fingerprint density at radius 1 is 1.44 bits per heavy atom. The van der Waals surface area contributed by atoms with Crippen LogP contribution in [0.4, 0.5) is 11.4 Å². The highest BCUT2D eigenvalue weighted by Gasteiger charge is 2.21. The van der Waals surface area contributed by atoms with Crippen molar-refractivity contribution in [3.8, 4) is 5.75 Å². The number of nitrogens with one attached hydrogen (secondary N) is 1. The first kappa shape index (κ1) is 13.6. The van der Waals surface area contributed by atoms with Crippen LogP contribution in [0.2, 0.25) is 0 Å². The molecule has 7 nitrogen and oxygen atoms in total. The number of nitro benzene ring substituents is 1. The number of nitro groups is 1. The quantitative estimate of drug-likeness (QED) is 0.482. The van der Waals surface area contributed by atoms with Gasteiger partial charge in [0, 0.05) is 18.6 Å². The largest absolute Gasteiger partial charge is 0.507 e. The molecular formula is C11H12N2O5. The van der Waals surface area contributed by atoms with Crippen LogP contribution in [-0.2, 0) is 4.79 Å². The van der Waals surface area contributed by atoms with Crippen LogP contribution in [0.25, 0.3) is 0 Å². The molecule has 0 atom stereocenters. The fourth-order valence-electron chi connectivity index (χ4n) is 1.35. The molecule has 0 fully saturated rings. The number of phenols is 1. The normalized spacial score (nSPS) is 9.89. The number of aromatic hydroxyl groups is 1. The van der Waals surface area contributed by atoms with E-state index in [2.05, 4.69) is 5.32 Å². The lowest BCUT2D eigenvalue weighted by Crippen LogP contribution is -2.11. The molecule has 7 heteroatoms. The first-order chi connectivity index (χ1) is 8.36. The van der Waals surface area contributed by atoms with Crippen molar-refractivity contribution in [2.24, 2.45) is 0 Å². The minimum Gasteiger partial charge on any atom is -0.507 e. The number of carbonyl (C=O) groups is 2. The second-order valence-electron chi connectivity index (χ2n) is 3.60. The van der Waals surface area contributed by atoms with Gasteiger partial charge in [-0.25, -0.2) is 0 Å². The van der Waals surface area contributed by atoms with E-state index >= 15 is 0 Å². The number of ketones is 1. The summed E-state index contributed by atoms with van der Waals surface area (Å²) >= 11 is 0. The maximum Gasteiger partial charge on any atom is 0.293 e. The third-order valence-corrected chi connectivity index (χ3v) is 2.29. The summed E-state index contributed by atoms with van der Waals surface area (Å²) in [5.74, 6) is -1.32. The van der Waals surface area contributed by atoms with Crippen LogP contribution in [0.15, 0.2) is 12.1 Å². The summed E-state index contributed by atoms with van der Waals surface area (Å²) < 4.78 is 0. The fraction of sp³-hybridized carbons (Fsp3) is 0.273. The summed E-state index contributed by atoms with van der Waals surface area (Å²) in [6, 6.07) is 1.95. The van der Waals surface area contributed by atoms with Crippen LogP contribution in [-0.4, -0.2) is 21.7 Å². The summed E-state index contributed by atoms with van der Waals surface area (Å²) in [6.45, 7) is 2.77. The molecule has 96 valence electrons. The summed E-state index contributed by atoms with van der Waals surface area (Å²) in [5, 5.41) is 22.7. The molecule has 0 aromatic heterocycles. The molecule has 0 spiro atoms. The molecule has 0 bridgehead atoms. The Balaban J connectivity index is 3.33. The fourth-order valence-corrected chi connectivity index (χ4v) is 1.35. The molecule has 1 aromatic carbocycles. The highest BCUT2D eigenvalue weighted by atomic mass is 16.6. The van der Waals surface area contributed by atoms with Crippen LogP contribution in [0.5, 0.6) is 5.75 Å². The Labute approximate surface area is 103 Å². The van der Waals surface area contributed by atoms with Crippen LogP contribution >= 0.6 is 0 Å². The minimum atomic E-state index is -0.725. The van der Waals surface area contributed by atoms with Crippen molar-refractivity contribution in [1.29, 1.82) is 0 Å². The van der Waals surface area contributed by atoms with E-state index in [-0.39, 0.29) is 17.7 Å². The number of anilines is 1. The highest BCUT2D eigenvalue weighted by molar-refractivity contribution is 6.00. The van der Waals surface area contributed by atoms with Gasteiger partial charge in [-0.3, -0.25) is 19.7 Å². The molecule has 1 aromatic rings. The molecule has 0 aliphatic heterocycles. The van der Waals surface area contributed by atoms with Gasteiger partial charge in [-0.1, -0.05) is 6.92 Å². The van der Waals surface area contributed by atoms with Gasteiger partial charge in [-0.05, 0) is 6.92 Å². The van der Waals surface area contributed by atoms with E-state index < -0.39 is 28.1 Å². The topological polar surface area (TPSA) is 110 Å². The molecule has 0 heterocycles. The van der Waals surface area contributed by atoms with Crippen molar-refractivity contribution in [2.45, 2.75) is 20.3 Å². The zero-order chi connectivity index (χ0) is 13.9. The van der Waals surface area contributed by atoms with Crippen LogP contribution in [0.1, 0.15) is 30.6 Å². The smallest absolute Gasteiger partial charge is 0.293 e. The predicted octanol–water partition coefficient (Wildman–Crippen LogP) is 1.85. The van der Waals surface area contributed by atoms with E-state index in [1.54, 1.807) is 6.92 Å². The lowest BCUT2D eigenvalue weighted by atomic mass is 10.1. The first-order valence-electron chi connectivity index (χ1n) is 5.19. The van der Waals surface area contributed by atoms with Gasteiger partial charge in [0.05, 0.1) is 10.5 Å². The minimum absolute atomic E-state index is 0.130. The van der Waals surface area contributed by atoms with E-state index in [9.17, 15) is 24.8 Å². The number of hydrogen-bond donors (Lipinski definition) is 2. The lowest BCUT2D eigenvalue weighted by Gasteiger charge is -2.07. The number of nitrogens with zero attached hydrogens (tertiary/aromatic N) is 1. The molecule has 1 rings (SSSR count). The maximum atomic E-state index is 11.2. The standard InChI is InChI=1S/C11H12N2O5/c1-3-11(16)12-8-5-10(15)7(6(2)14)4-9(8)13(17)18/h4-5,15H,3H2,1-2H3,(H,12,16). The van der Waals surface area contributed by atoms with E-state index in [1.165, 1.54) is 6.92 Å². The number of benzene rings is 1. The second-order valence-corrected chi connectivity index (χ2v) is 3.60.